The van der Waals surface area contributed by atoms with E-state index in [2.05, 4.69) is 15.1 Å². The van der Waals surface area contributed by atoms with Crippen molar-refractivity contribution in [3.8, 4) is 16.9 Å². The van der Waals surface area contributed by atoms with E-state index in [4.69, 9.17) is 0 Å². The standard InChI is InChI=1S/C27H28N4O3S/c1-20(2)30-35(33,34)19-22-13-11-21(12-14-22)18-28-27(32)24-9-6-10-25(17-24)31-26(15-16-29-31)23-7-4-3-5-8-23/h3-17,20,30H,18-19H2,1-2H3,(H,28,32). The molecule has 0 aliphatic heterocycles. The van der Waals surface area contributed by atoms with Gasteiger partial charge in [-0.3, -0.25) is 4.79 Å². The van der Waals surface area contributed by atoms with Crippen LogP contribution in [0, 0.1) is 0 Å². The van der Waals surface area contributed by atoms with Crippen molar-refractivity contribution >= 4 is 15.9 Å². The van der Waals surface area contributed by atoms with Crippen LogP contribution in [0.3, 0.4) is 0 Å². The van der Waals surface area contributed by atoms with Crippen LogP contribution in [0.15, 0.2) is 91.1 Å². The summed E-state index contributed by atoms with van der Waals surface area (Å²) in [6, 6.07) is 26.3. The van der Waals surface area contributed by atoms with Gasteiger partial charge in [-0.15, -0.1) is 0 Å². The highest BCUT2D eigenvalue weighted by Crippen LogP contribution is 2.22. The van der Waals surface area contributed by atoms with Gasteiger partial charge in [0.15, 0.2) is 0 Å². The molecule has 1 heterocycles. The molecule has 4 rings (SSSR count). The summed E-state index contributed by atoms with van der Waals surface area (Å²) in [6.45, 7) is 3.91. The van der Waals surface area contributed by atoms with Gasteiger partial charge in [0.25, 0.3) is 5.91 Å². The third-order valence-corrected chi connectivity index (χ3v) is 6.86. The Morgan fingerprint density at radius 2 is 1.63 bits per heavy atom. The number of carbonyl (C=O) groups excluding carboxylic acids is 1. The summed E-state index contributed by atoms with van der Waals surface area (Å²) in [5.41, 5.74) is 4.87. The smallest absolute Gasteiger partial charge is 0.251 e. The number of sulfonamides is 1. The number of amides is 1. The molecule has 7 nitrogen and oxygen atoms in total. The molecule has 0 unspecified atom stereocenters. The number of rotatable bonds is 9. The van der Waals surface area contributed by atoms with Gasteiger partial charge in [0.05, 0.1) is 23.3 Å². The minimum Gasteiger partial charge on any atom is -0.348 e. The Morgan fingerprint density at radius 3 is 2.34 bits per heavy atom. The highest BCUT2D eigenvalue weighted by atomic mass is 32.2. The lowest BCUT2D eigenvalue weighted by atomic mass is 10.1. The molecule has 1 amide bonds. The summed E-state index contributed by atoms with van der Waals surface area (Å²) in [4.78, 5) is 12.8. The molecular weight excluding hydrogens is 460 g/mol. The Hall–Kier alpha value is -3.75. The Bertz CT molecular complexity index is 1400. The maximum atomic E-state index is 12.8. The van der Waals surface area contributed by atoms with Crippen LogP contribution in [0.2, 0.25) is 0 Å². The lowest BCUT2D eigenvalue weighted by Gasteiger charge is -2.11. The first-order chi connectivity index (χ1) is 16.8. The second-order valence-corrected chi connectivity index (χ2v) is 10.3. The van der Waals surface area contributed by atoms with Gasteiger partial charge < -0.3 is 5.32 Å². The third-order valence-electron chi connectivity index (χ3n) is 5.31. The first-order valence-corrected chi connectivity index (χ1v) is 13.0. The van der Waals surface area contributed by atoms with E-state index in [1.807, 2.05) is 71.4 Å². The number of carbonyl (C=O) groups is 1. The average molecular weight is 489 g/mol. The fourth-order valence-electron chi connectivity index (χ4n) is 3.77. The number of hydrogen-bond acceptors (Lipinski definition) is 4. The molecule has 0 aliphatic rings. The molecule has 0 aliphatic carbocycles. The van der Waals surface area contributed by atoms with Crippen molar-refractivity contribution in [2.75, 3.05) is 0 Å². The minimum absolute atomic E-state index is 0.0803. The second kappa shape index (κ2) is 10.7. The molecule has 0 bridgehead atoms. The molecule has 0 saturated carbocycles. The lowest BCUT2D eigenvalue weighted by molar-refractivity contribution is 0.0951. The number of nitrogens with zero attached hydrogens (tertiary/aromatic N) is 2. The molecule has 4 aromatic rings. The topological polar surface area (TPSA) is 93.1 Å². The first kappa shape index (κ1) is 24.4. The largest absolute Gasteiger partial charge is 0.348 e. The van der Waals surface area contributed by atoms with Crippen LogP contribution in [-0.2, 0) is 22.3 Å². The summed E-state index contributed by atoms with van der Waals surface area (Å²) < 4.78 is 28.6. The van der Waals surface area contributed by atoms with Crippen LogP contribution in [0.1, 0.15) is 35.3 Å². The van der Waals surface area contributed by atoms with E-state index in [9.17, 15) is 13.2 Å². The monoisotopic (exact) mass is 488 g/mol. The zero-order valence-electron chi connectivity index (χ0n) is 19.7. The van der Waals surface area contributed by atoms with Crippen LogP contribution >= 0.6 is 0 Å². The molecule has 0 saturated heterocycles. The highest BCUT2D eigenvalue weighted by molar-refractivity contribution is 7.88. The fraction of sp³-hybridized carbons (Fsp3) is 0.185. The average Bonchev–Trinajstić information content (AvgIpc) is 3.33. The quantitative estimate of drug-likeness (QED) is 0.367. The third kappa shape index (κ3) is 6.44. The molecule has 0 radical (unpaired) electrons. The predicted octanol–water partition coefficient (Wildman–Crippen LogP) is 4.30. The van der Waals surface area contributed by atoms with E-state index < -0.39 is 10.0 Å². The van der Waals surface area contributed by atoms with Crippen molar-refractivity contribution in [1.29, 1.82) is 0 Å². The number of nitrogens with one attached hydrogen (secondary N) is 2. The first-order valence-electron chi connectivity index (χ1n) is 11.4. The molecule has 3 aromatic carbocycles. The predicted molar refractivity (Wildman–Crippen MR) is 138 cm³/mol. The van der Waals surface area contributed by atoms with Gasteiger partial charge in [-0.25, -0.2) is 17.8 Å². The van der Waals surface area contributed by atoms with Crippen LogP contribution in [0.4, 0.5) is 0 Å². The maximum absolute atomic E-state index is 12.8. The summed E-state index contributed by atoms with van der Waals surface area (Å²) >= 11 is 0. The van der Waals surface area contributed by atoms with Gasteiger partial charge in [0.2, 0.25) is 10.0 Å². The van der Waals surface area contributed by atoms with Gasteiger partial charge in [-0.2, -0.15) is 5.10 Å². The Morgan fingerprint density at radius 1 is 0.914 bits per heavy atom. The van der Waals surface area contributed by atoms with E-state index in [1.54, 1.807) is 38.2 Å². The summed E-state index contributed by atoms with van der Waals surface area (Å²) in [5, 5.41) is 7.37. The van der Waals surface area contributed by atoms with Crippen molar-refractivity contribution in [1.82, 2.24) is 19.8 Å². The molecule has 180 valence electrons. The van der Waals surface area contributed by atoms with Crippen LogP contribution in [-0.4, -0.2) is 30.1 Å². The molecule has 2 N–H and O–H groups in total. The number of hydrogen-bond donors (Lipinski definition) is 2. The SMILES string of the molecule is CC(C)NS(=O)(=O)Cc1ccc(CNC(=O)c2cccc(-n3nccc3-c3ccccc3)c2)cc1. The van der Waals surface area contributed by atoms with E-state index >= 15 is 0 Å². The maximum Gasteiger partial charge on any atom is 0.251 e. The van der Waals surface area contributed by atoms with Crippen molar-refractivity contribution < 1.29 is 13.2 Å². The van der Waals surface area contributed by atoms with Crippen molar-refractivity contribution in [3.05, 3.63) is 108 Å². The molecule has 8 heteroatoms. The summed E-state index contributed by atoms with van der Waals surface area (Å²) in [5.74, 6) is -0.281. The van der Waals surface area contributed by atoms with Gasteiger partial charge in [0.1, 0.15) is 0 Å². The van der Waals surface area contributed by atoms with E-state index in [-0.39, 0.29) is 17.7 Å². The Kier molecular flexibility index (Phi) is 7.43. The van der Waals surface area contributed by atoms with Gasteiger partial charge in [-0.1, -0.05) is 60.7 Å². The molecule has 0 atom stereocenters. The van der Waals surface area contributed by atoms with Crippen molar-refractivity contribution in [2.45, 2.75) is 32.2 Å². The molecule has 1 aromatic heterocycles. The lowest BCUT2D eigenvalue weighted by Crippen LogP contribution is -2.31. The molecular formula is C27H28N4O3S. The highest BCUT2D eigenvalue weighted by Gasteiger charge is 2.13. The zero-order chi connectivity index (χ0) is 24.8. The van der Waals surface area contributed by atoms with E-state index in [1.165, 1.54) is 0 Å². The van der Waals surface area contributed by atoms with E-state index in [0.717, 1.165) is 22.5 Å². The second-order valence-electron chi connectivity index (χ2n) is 8.58. The van der Waals surface area contributed by atoms with Gasteiger partial charge in [0, 0.05) is 23.7 Å². The van der Waals surface area contributed by atoms with Gasteiger partial charge >= 0.3 is 0 Å². The van der Waals surface area contributed by atoms with Crippen LogP contribution in [0.25, 0.3) is 16.9 Å². The Balaban J connectivity index is 1.41. The molecule has 35 heavy (non-hydrogen) atoms. The number of benzene rings is 3. The van der Waals surface area contributed by atoms with Gasteiger partial charge in [-0.05, 0) is 49.2 Å². The number of aromatic nitrogens is 2. The summed E-state index contributed by atoms with van der Waals surface area (Å²) in [6.07, 6.45) is 1.74. The fourth-order valence-corrected chi connectivity index (χ4v) is 5.21. The van der Waals surface area contributed by atoms with Crippen LogP contribution in [0.5, 0.6) is 0 Å². The van der Waals surface area contributed by atoms with E-state index in [0.29, 0.717) is 17.7 Å². The Labute approximate surface area is 205 Å². The molecule has 0 spiro atoms. The van der Waals surface area contributed by atoms with Crippen molar-refractivity contribution in [2.24, 2.45) is 0 Å². The van der Waals surface area contributed by atoms with Crippen molar-refractivity contribution in [3.63, 3.8) is 0 Å². The zero-order valence-corrected chi connectivity index (χ0v) is 20.5. The normalized spacial score (nSPS) is 11.5. The van der Waals surface area contributed by atoms with Crippen LogP contribution < -0.4 is 10.0 Å². The summed E-state index contributed by atoms with van der Waals surface area (Å²) in [7, 11) is -3.38. The minimum atomic E-state index is -3.38. The molecule has 0 fully saturated rings.